The molecule has 0 fully saturated rings. The molecule has 0 bridgehead atoms. The highest BCUT2D eigenvalue weighted by Crippen LogP contribution is 2.34. The lowest BCUT2D eigenvalue weighted by Gasteiger charge is -2.18. The minimum absolute atomic E-state index is 0.210. The van der Waals surface area contributed by atoms with Crippen LogP contribution in [0.2, 0.25) is 0 Å². The number of ether oxygens (including phenoxy) is 1. The van der Waals surface area contributed by atoms with Crippen molar-refractivity contribution in [3.8, 4) is 16.3 Å². The molecule has 4 rings (SSSR count). The van der Waals surface area contributed by atoms with Crippen molar-refractivity contribution in [2.45, 2.75) is 6.92 Å². The van der Waals surface area contributed by atoms with Crippen LogP contribution in [0.4, 0.5) is 10.8 Å². The number of thiazole rings is 2. The standard InChI is InChI=1S/C21H17N3O2S2/c1-14-12-28-21(22-14)24(15-8-4-3-5-9-15)20(25)17-13-27-19(23-17)16-10-6-7-11-18(16)26-2/h3-13H,1-2H3. The van der Waals surface area contributed by atoms with Crippen LogP contribution in [0.3, 0.4) is 0 Å². The van der Waals surface area contributed by atoms with Crippen LogP contribution in [0.25, 0.3) is 10.6 Å². The highest BCUT2D eigenvalue weighted by Gasteiger charge is 2.25. The molecule has 2 aromatic carbocycles. The molecule has 2 aromatic heterocycles. The first-order valence-electron chi connectivity index (χ1n) is 8.58. The predicted molar refractivity (Wildman–Crippen MR) is 114 cm³/mol. The monoisotopic (exact) mass is 407 g/mol. The Bertz CT molecular complexity index is 1110. The van der Waals surface area contributed by atoms with E-state index in [-0.39, 0.29) is 5.91 Å². The summed E-state index contributed by atoms with van der Waals surface area (Å²) in [4.78, 5) is 24.1. The summed E-state index contributed by atoms with van der Waals surface area (Å²) in [7, 11) is 1.63. The normalized spacial score (nSPS) is 10.6. The van der Waals surface area contributed by atoms with Gasteiger partial charge in [0, 0.05) is 10.8 Å². The molecule has 0 saturated carbocycles. The minimum atomic E-state index is -0.210. The van der Waals surface area contributed by atoms with Gasteiger partial charge < -0.3 is 4.74 Å². The van der Waals surface area contributed by atoms with Crippen molar-refractivity contribution in [2.75, 3.05) is 12.0 Å². The van der Waals surface area contributed by atoms with Crippen molar-refractivity contribution in [3.63, 3.8) is 0 Å². The molecule has 4 aromatic rings. The molecule has 0 N–H and O–H groups in total. The molecule has 0 saturated heterocycles. The van der Waals surface area contributed by atoms with Gasteiger partial charge in [-0.25, -0.2) is 9.97 Å². The second-order valence-corrected chi connectivity index (χ2v) is 7.68. The number of para-hydroxylation sites is 2. The SMILES string of the molecule is COc1ccccc1-c1nc(C(=O)N(c2ccccc2)c2nc(C)cs2)cs1. The van der Waals surface area contributed by atoms with Gasteiger partial charge in [0.15, 0.2) is 5.13 Å². The Morgan fingerprint density at radius 1 is 0.964 bits per heavy atom. The molecule has 7 heteroatoms. The van der Waals surface area contributed by atoms with E-state index >= 15 is 0 Å². The van der Waals surface area contributed by atoms with Crippen molar-refractivity contribution >= 4 is 39.4 Å². The Labute approximate surface area is 170 Å². The van der Waals surface area contributed by atoms with Gasteiger partial charge in [0.05, 0.1) is 24.1 Å². The molecule has 0 aliphatic rings. The van der Waals surface area contributed by atoms with E-state index in [9.17, 15) is 4.79 Å². The molecule has 1 amide bonds. The summed E-state index contributed by atoms with van der Waals surface area (Å²) >= 11 is 2.85. The van der Waals surface area contributed by atoms with Gasteiger partial charge in [-0.15, -0.1) is 22.7 Å². The molecule has 0 aliphatic carbocycles. The zero-order valence-electron chi connectivity index (χ0n) is 15.3. The van der Waals surface area contributed by atoms with Crippen LogP contribution in [-0.4, -0.2) is 23.0 Å². The third-order valence-corrected chi connectivity index (χ3v) is 5.90. The highest BCUT2D eigenvalue weighted by molar-refractivity contribution is 7.14. The summed E-state index contributed by atoms with van der Waals surface area (Å²) in [6.45, 7) is 1.91. The van der Waals surface area contributed by atoms with E-state index in [0.717, 1.165) is 27.7 Å². The lowest BCUT2D eigenvalue weighted by Crippen LogP contribution is -2.26. The number of nitrogens with zero attached hydrogens (tertiary/aromatic N) is 3. The van der Waals surface area contributed by atoms with Gasteiger partial charge >= 0.3 is 0 Å². The molecule has 0 spiro atoms. The van der Waals surface area contributed by atoms with Gasteiger partial charge in [0.25, 0.3) is 5.91 Å². The van der Waals surface area contributed by atoms with E-state index < -0.39 is 0 Å². The molecule has 5 nitrogen and oxygen atoms in total. The van der Waals surface area contributed by atoms with Crippen LogP contribution in [-0.2, 0) is 0 Å². The second kappa shape index (κ2) is 7.92. The van der Waals surface area contributed by atoms with E-state index in [1.807, 2.05) is 66.9 Å². The quantitative estimate of drug-likeness (QED) is 0.434. The average molecular weight is 408 g/mol. The number of anilines is 2. The number of rotatable bonds is 5. The predicted octanol–water partition coefficient (Wildman–Crippen LogP) is 5.56. The van der Waals surface area contributed by atoms with Crippen molar-refractivity contribution in [1.82, 2.24) is 9.97 Å². The van der Waals surface area contributed by atoms with Crippen LogP contribution < -0.4 is 9.64 Å². The molecule has 0 radical (unpaired) electrons. The first-order valence-corrected chi connectivity index (χ1v) is 10.3. The average Bonchev–Trinajstić information content (AvgIpc) is 3.38. The zero-order valence-corrected chi connectivity index (χ0v) is 17.0. The van der Waals surface area contributed by atoms with E-state index in [4.69, 9.17) is 4.74 Å². The fraction of sp³-hybridized carbons (Fsp3) is 0.0952. The van der Waals surface area contributed by atoms with Crippen molar-refractivity contribution in [1.29, 1.82) is 0 Å². The number of carbonyl (C=O) groups is 1. The summed E-state index contributed by atoms with van der Waals surface area (Å²) in [5.74, 6) is 0.518. The topological polar surface area (TPSA) is 55.3 Å². The minimum Gasteiger partial charge on any atom is -0.496 e. The number of amides is 1. The number of hydrogen-bond donors (Lipinski definition) is 0. The largest absolute Gasteiger partial charge is 0.496 e. The number of carbonyl (C=O) groups excluding carboxylic acids is 1. The lowest BCUT2D eigenvalue weighted by molar-refractivity contribution is 0.0995. The number of aryl methyl sites for hydroxylation is 1. The van der Waals surface area contributed by atoms with Crippen LogP contribution in [0.1, 0.15) is 16.2 Å². The number of hydrogen-bond acceptors (Lipinski definition) is 6. The Morgan fingerprint density at radius 2 is 1.71 bits per heavy atom. The van der Waals surface area contributed by atoms with E-state index in [0.29, 0.717) is 10.8 Å². The Kier molecular flexibility index (Phi) is 5.18. The molecule has 28 heavy (non-hydrogen) atoms. The lowest BCUT2D eigenvalue weighted by atomic mass is 10.2. The maximum absolute atomic E-state index is 13.4. The van der Waals surface area contributed by atoms with Crippen molar-refractivity contribution in [3.05, 3.63) is 76.7 Å². The number of benzene rings is 2. The summed E-state index contributed by atoms with van der Waals surface area (Å²) in [6, 6.07) is 17.2. The first-order chi connectivity index (χ1) is 13.7. The molecule has 0 aliphatic heterocycles. The van der Waals surface area contributed by atoms with Gasteiger partial charge in [0.2, 0.25) is 0 Å². The number of methoxy groups -OCH3 is 1. The fourth-order valence-electron chi connectivity index (χ4n) is 2.77. The highest BCUT2D eigenvalue weighted by atomic mass is 32.1. The maximum atomic E-state index is 13.4. The van der Waals surface area contributed by atoms with E-state index in [2.05, 4.69) is 9.97 Å². The van der Waals surface area contributed by atoms with Crippen molar-refractivity contribution in [2.24, 2.45) is 0 Å². The zero-order chi connectivity index (χ0) is 19.5. The van der Waals surface area contributed by atoms with Gasteiger partial charge in [-0.05, 0) is 31.2 Å². The third kappa shape index (κ3) is 3.54. The Balaban J connectivity index is 1.73. The van der Waals surface area contributed by atoms with Crippen LogP contribution in [0, 0.1) is 6.92 Å². The van der Waals surface area contributed by atoms with Crippen LogP contribution in [0.5, 0.6) is 5.75 Å². The molecule has 2 heterocycles. The molecule has 140 valence electrons. The second-order valence-electron chi connectivity index (χ2n) is 5.99. The molecular formula is C21H17N3O2S2. The molecular weight excluding hydrogens is 390 g/mol. The van der Waals surface area contributed by atoms with E-state index in [1.165, 1.54) is 22.7 Å². The summed E-state index contributed by atoms with van der Waals surface area (Å²) in [6.07, 6.45) is 0. The van der Waals surface area contributed by atoms with Gasteiger partial charge in [-0.1, -0.05) is 30.3 Å². The smallest absolute Gasteiger partial charge is 0.284 e. The van der Waals surface area contributed by atoms with Crippen LogP contribution in [0.15, 0.2) is 65.4 Å². The van der Waals surface area contributed by atoms with Crippen molar-refractivity contribution < 1.29 is 9.53 Å². The summed E-state index contributed by atoms with van der Waals surface area (Å²) < 4.78 is 5.42. The number of aromatic nitrogens is 2. The molecule has 0 atom stereocenters. The fourth-order valence-corrected chi connectivity index (χ4v) is 4.41. The third-order valence-electron chi connectivity index (χ3n) is 4.08. The molecule has 0 unspecified atom stereocenters. The maximum Gasteiger partial charge on any atom is 0.284 e. The van der Waals surface area contributed by atoms with Crippen LogP contribution >= 0.6 is 22.7 Å². The van der Waals surface area contributed by atoms with Gasteiger partial charge in [0.1, 0.15) is 16.5 Å². The Morgan fingerprint density at radius 3 is 2.43 bits per heavy atom. The van der Waals surface area contributed by atoms with E-state index in [1.54, 1.807) is 17.4 Å². The summed E-state index contributed by atoms with van der Waals surface area (Å²) in [5.41, 5.74) is 2.88. The summed E-state index contributed by atoms with van der Waals surface area (Å²) in [5, 5.41) is 5.07. The van der Waals surface area contributed by atoms with Gasteiger partial charge in [-0.2, -0.15) is 0 Å². The first kappa shape index (κ1) is 18.3. The Hall–Kier alpha value is -3.03. The van der Waals surface area contributed by atoms with Gasteiger partial charge in [-0.3, -0.25) is 9.69 Å².